The van der Waals surface area contributed by atoms with E-state index in [2.05, 4.69) is 5.32 Å². The van der Waals surface area contributed by atoms with Crippen LogP contribution >= 0.6 is 11.6 Å². The van der Waals surface area contributed by atoms with E-state index in [-0.39, 0.29) is 16.7 Å². The predicted molar refractivity (Wildman–Crippen MR) is 71.9 cm³/mol. The van der Waals surface area contributed by atoms with Gasteiger partial charge in [-0.3, -0.25) is 0 Å². The Bertz CT molecular complexity index is 475. The predicted octanol–water partition coefficient (Wildman–Crippen LogP) is 1.45. The molecule has 0 spiro atoms. The first-order valence-corrected chi connectivity index (χ1v) is 6.21. The Hall–Kier alpha value is -1.50. The van der Waals surface area contributed by atoms with Gasteiger partial charge in [0, 0.05) is 12.2 Å². The second kappa shape index (κ2) is 6.10. The fourth-order valence-corrected chi connectivity index (χ4v) is 2.14. The minimum atomic E-state index is -1.09. The lowest BCUT2D eigenvalue weighted by Crippen LogP contribution is -2.34. The molecule has 0 saturated carbocycles. The van der Waals surface area contributed by atoms with Crippen LogP contribution < -0.4 is 11.1 Å². The van der Waals surface area contributed by atoms with Gasteiger partial charge in [0.1, 0.15) is 0 Å². The average molecular weight is 287 g/mol. The van der Waals surface area contributed by atoms with Gasteiger partial charge in [-0.2, -0.15) is 0 Å². The number of carbonyl (C=O) groups is 1. The first-order valence-electron chi connectivity index (χ1n) is 5.83. The molecule has 0 aromatic heterocycles. The fourth-order valence-electron chi connectivity index (χ4n) is 1.85. The molecule has 1 heterocycles. The van der Waals surface area contributed by atoms with E-state index in [9.17, 15) is 4.79 Å². The molecular formula is C12H15ClN2O4. The Labute approximate surface area is 115 Å². The van der Waals surface area contributed by atoms with Crippen molar-refractivity contribution in [3.8, 4) is 0 Å². The Morgan fingerprint density at radius 3 is 2.95 bits per heavy atom. The second-order valence-corrected chi connectivity index (χ2v) is 4.59. The molecule has 0 bridgehead atoms. The molecule has 1 aromatic rings. The molecule has 1 aromatic carbocycles. The molecule has 2 rings (SSSR count). The van der Waals surface area contributed by atoms with Crippen LogP contribution in [0.4, 0.5) is 11.4 Å². The molecular weight excluding hydrogens is 272 g/mol. The summed E-state index contributed by atoms with van der Waals surface area (Å²) in [7, 11) is 0. The van der Waals surface area contributed by atoms with E-state index in [0.29, 0.717) is 37.7 Å². The zero-order valence-electron chi connectivity index (χ0n) is 10.2. The maximum atomic E-state index is 11.2. The summed E-state index contributed by atoms with van der Waals surface area (Å²) in [6.07, 6.45) is -0.121. The lowest BCUT2D eigenvalue weighted by Gasteiger charge is -2.24. The summed E-state index contributed by atoms with van der Waals surface area (Å²) >= 11 is 6.02. The molecule has 104 valence electrons. The van der Waals surface area contributed by atoms with Crippen LogP contribution in [-0.2, 0) is 9.47 Å². The number of carboxylic acid groups (broad SMARTS) is 1. The van der Waals surface area contributed by atoms with Gasteiger partial charge in [0.05, 0.1) is 42.2 Å². The summed E-state index contributed by atoms with van der Waals surface area (Å²) in [6, 6.07) is 2.88. The van der Waals surface area contributed by atoms with Crippen molar-refractivity contribution in [3.63, 3.8) is 0 Å². The zero-order chi connectivity index (χ0) is 13.8. The van der Waals surface area contributed by atoms with Gasteiger partial charge in [-0.1, -0.05) is 11.6 Å². The van der Waals surface area contributed by atoms with E-state index in [4.69, 9.17) is 31.9 Å². The van der Waals surface area contributed by atoms with Gasteiger partial charge >= 0.3 is 5.97 Å². The third kappa shape index (κ3) is 3.50. The average Bonchev–Trinajstić information content (AvgIpc) is 2.38. The number of halogens is 1. The molecule has 4 N–H and O–H groups in total. The third-order valence-electron chi connectivity index (χ3n) is 2.73. The number of rotatable bonds is 4. The Kier molecular flexibility index (Phi) is 4.47. The SMILES string of the molecule is Nc1cc(Cl)c(NCC2COCCO2)c(C(=O)O)c1. The highest BCUT2D eigenvalue weighted by atomic mass is 35.5. The maximum Gasteiger partial charge on any atom is 0.337 e. The van der Waals surface area contributed by atoms with Crippen molar-refractivity contribution in [2.75, 3.05) is 37.4 Å². The number of anilines is 2. The Morgan fingerprint density at radius 2 is 2.32 bits per heavy atom. The van der Waals surface area contributed by atoms with Gasteiger partial charge in [-0.25, -0.2) is 4.79 Å². The number of aromatic carboxylic acids is 1. The maximum absolute atomic E-state index is 11.2. The first-order chi connectivity index (χ1) is 9.08. The number of nitrogens with one attached hydrogen (secondary N) is 1. The van der Waals surface area contributed by atoms with E-state index in [0.717, 1.165) is 0 Å². The topological polar surface area (TPSA) is 93.8 Å². The second-order valence-electron chi connectivity index (χ2n) is 4.18. The fraction of sp³-hybridized carbons (Fsp3) is 0.417. The quantitative estimate of drug-likeness (QED) is 0.725. The molecule has 1 atom stereocenters. The normalized spacial score (nSPS) is 19.1. The number of carboxylic acids is 1. The first kappa shape index (κ1) is 13.9. The zero-order valence-corrected chi connectivity index (χ0v) is 10.9. The number of nitrogens with two attached hydrogens (primary N) is 1. The minimum Gasteiger partial charge on any atom is -0.478 e. The lowest BCUT2D eigenvalue weighted by molar-refractivity contribution is -0.0818. The van der Waals surface area contributed by atoms with Crippen molar-refractivity contribution in [1.82, 2.24) is 0 Å². The van der Waals surface area contributed by atoms with Gasteiger partial charge in [0.25, 0.3) is 0 Å². The van der Waals surface area contributed by atoms with Crippen molar-refractivity contribution in [1.29, 1.82) is 0 Å². The number of benzene rings is 1. The molecule has 0 amide bonds. The summed E-state index contributed by atoms with van der Waals surface area (Å²) in [5.74, 6) is -1.09. The van der Waals surface area contributed by atoms with E-state index in [1.54, 1.807) is 0 Å². The van der Waals surface area contributed by atoms with Gasteiger partial charge in [0.2, 0.25) is 0 Å². The highest BCUT2D eigenvalue weighted by molar-refractivity contribution is 6.34. The molecule has 0 aliphatic carbocycles. The number of ether oxygens (including phenoxy) is 2. The summed E-state index contributed by atoms with van der Waals surface area (Å²) in [4.78, 5) is 11.2. The van der Waals surface area contributed by atoms with Gasteiger partial charge in [0.15, 0.2) is 0 Å². The molecule has 6 nitrogen and oxygen atoms in total. The smallest absolute Gasteiger partial charge is 0.337 e. The van der Waals surface area contributed by atoms with Gasteiger partial charge in [-0.15, -0.1) is 0 Å². The van der Waals surface area contributed by atoms with Gasteiger partial charge < -0.3 is 25.6 Å². The molecule has 1 unspecified atom stereocenters. The number of nitrogen functional groups attached to an aromatic ring is 1. The Balaban J connectivity index is 2.12. The summed E-state index contributed by atoms with van der Waals surface area (Å²) < 4.78 is 10.7. The highest BCUT2D eigenvalue weighted by Crippen LogP contribution is 2.29. The van der Waals surface area contributed by atoms with Crippen LogP contribution in [0.15, 0.2) is 12.1 Å². The monoisotopic (exact) mass is 286 g/mol. The van der Waals surface area contributed by atoms with Crippen LogP contribution in [0.1, 0.15) is 10.4 Å². The summed E-state index contributed by atoms with van der Waals surface area (Å²) in [5.41, 5.74) is 6.28. The van der Waals surface area contributed by atoms with Crippen LogP contribution in [0.5, 0.6) is 0 Å². The van der Waals surface area contributed by atoms with Crippen LogP contribution in [0.3, 0.4) is 0 Å². The molecule has 7 heteroatoms. The van der Waals surface area contributed by atoms with E-state index in [1.165, 1.54) is 12.1 Å². The van der Waals surface area contributed by atoms with E-state index < -0.39 is 5.97 Å². The van der Waals surface area contributed by atoms with Crippen molar-refractivity contribution in [3.05, 3.63) is 22.7 Å². The van der Waals surface area contributed by atoms with Crippen molar-refractivity contribution < 1.29 is 19.4 Å². The van der Waals surface area contributed by atoms with Crippen LogP contribution in [0.25, 0.3) is 0 Å². The van der Waals surface area contributed by atoms with E-state index in [1.807, 2.05) is 0 Å². The molecule has 0 radical (unpaired) electrons. The molecule has 1 saturated heterocycles. The lowest BCUT2D eigenvalue weighted by atomic mass is 10.1. The summed E-state index contributed by atoms with van der Waals surface area (Å²) in [5, 5.41) is 12.4. The Morgan fingerprint density at radius 1 is 1.53 bits per heavy atom. The van der Waals surface area contributed by atoms with Gasteiger partial charge in [-0.05, 0) is 12.1 Å². The number of hydrogen-bond donors (Lipinski definition) is 3. The van der Waals surface area contributed by atoms with Crippen LogP contribution in [-0.4, -0.2) is 43.5 Å². The van der Waals surface area contributed by atoms with E-state index >= 15 is 0 Å². The largest absolute Gasteiger partial charge is 0.478 e. The molecule has 1 aliphatic heterocycles. The molecule has 1 aliphatic rings. The molecule has 1 fully saturated rings. The van der Waals surface area contributed by atoms with Crippen molar-refractivity contribution in [2.45, 2.75) is 6.10 Å². The minimum absolute atomic E-state index is 0.0433. The third-order valence-corrected chi connectivity index (χ3v) is 3.03. The van der Waals surface area contributed by atoms with Crippen molar-refractivity contribution >= 4 is 28.9 Å². The number of hydrogen-bond acceptors (Lipinski definition) is 5. The van der Waals surface area contributed by atoms with Crippen LogP contribution in [0, 0.1) is 0 Å². The summed E-state index contributed by atoms with van der Waals surface area (Å²) in [6.45, 7) is 2.01. The molecule has 19 heavy (non-hydrogen) atoms. The highest BCUT2D eigenvalue weighted by Gasteiger charge is 2.18. The standard InChI is InChI=1S/C12H15ClN2O4/c13-10-4-7(14)3-9(12(16)17)11(10)15-5-8-6-18-1-2-19-8/h3-4,8,15H,1-2,5-6,14H2,(H,16,17). The van der Waals surface area contributed by atoms with Crippen molar-refractivity contribution in [2.24, 2.45) is 0 Å². The van der Waals surface area contributed by atoms with Crippen LogP contribution in [0.2, 0.25) is 5.02 Å².